The smallest absolute Gasteiger partial charge is 0.326 e. The van der Waals surface area contributed by atoms with Crippen molar-refractivity contribution < 1.29 is 9.90 Å². The molecule has 2 aromatic heterocycles. The minimum Gasteiger partial charge on any atom is -0.480 e. The van der Waals surface area contributed by atoms with Gasteiger partial charge < -0.3 is 15.2 Å². The first kappa shape index (κ1) is 9.67. The molecule has 1 unspecified atom stereocenters. The van der Waals surface area contributed by atoms with Gasteiger partial charge in [0, 0.05) is 6.20 Å². The van der Waals surface area contributed by atoms with E-state index in [9.17, 15) is 4.79 Å². The molecule has 78 valence electrons. The number of aromatic nitrogens is 2. The molecule has 0 bridgehead atoms. The summed E-state index contributed by atoms with van der Waals surface area (Å²) < 4.78 is 1.77. The van der Waals surface area contributed by atoms with Crippen molar-refractivity contribution in [2.75, 3.05) is 0 Å². The second-order valence-corrected chi connectivity index (χ2v) is 3.44. The highest BCUT2D eigenvalue weighted by Gasteiger charge is 2.19. The molecule has 0 aromatic carbocycles. The predicted molar refractivity (Wildman–Crippen MR) is 54.5 cm³/mol. The van der Waals surface area contributed by atoms with Gasteiger partial charge in [-0.25, -0.2) is 4.98 Å². The molecular weight excluding hydrogens is 194 g/mol. The van der Waals surface area contributed by atoms with E-state index in [0.717, 1.165) is 11.1 Å². The van der Waals surface area contributed by atoms with E-state index >= 15 is 0 Å². The van der Waals surface area contributed by atoms with Gasteiger partial charge in [-0.1, -0.05) is 6.07 Å². The van der Waals surface area contributed by atoms with Gasteiger partial charge in [-0.3, -0.25) is 4.79 Å². The first-order valence-electron chi connectivity index (χ1n) is 4.51. The quantitative estimate of drug-likeness (QED) is 0.757. The summed E-state index contributed by atoms with van der Waals surface area (Å²) in [5.74, 6) is -1.07. The van der Waals surface area contributed by atoms with Gasteiger partial charge in [0.25, 0.3) is 0 Å². The van der Waals surface area contributed by atoms with E-state index in [2.05, 4.69) is 4.98 Å². The zero-order valence-electron chi connectivity index (χ0n) is 8.21. The topological polar surface area (TPSA) is 80.6 Å². The Balaban J connectivity index is 2.59. The summed E-state index contributed by atoms with van der Waals surface area (Å²) in [6, 6.07) is 2.65. The number of pyridine rings is 1. The third-order valence-electron chi connectivity index (χ3n) is 2.27. The van der Waals surface area contributed by atoms with Crippen molar-refractivity contribution in [1.82, 2.24) is 9.38 Å². The number of carboxylic acid groups (broad SMARTS) is 1. The number of hydrogen-bond donors (Lipinski definition) is 2. The summed E-state index contributed by atoms with van der Waals surface area (Å²) in [6.07, 6.45) is 3.45. The van der Waals surface area contributed by atoms with Gasteiger partial charge in [-0.05, 0) is 18.6 Å². The van der Waals surface area contributed by atoms with Gasteiger partial charge in [0.2, 0.25) is 0 Å². The minimum atomic E-state index is -1.07. The highest BCUT2D eigenvalue weighted by Crippen LogP contribution is 2.16. The van der Waals surface area contributed by atoms with E-state index in [4.69, 9.17) is 10.8 Å². The normalized spacial score (nSPS) is 12.9. The van der Waals surface area contributed by atoms with Crippen LogP contribution in [0.25, 0.3) is 5.52 Å². The molecule has 5 heteroatoms. The van der Waals surface area contributed by atoms with Crippen molar-refractivity contribution in [2.24, 2.45) is 5.73 Å². The zero-order valence-corrected chi connectivity index (χ0v) is 8.21. The van der Waals surface area contributed by atoms with Crippen molar-refractivity contribution in [3.63, 3.8) is 0 Å². The Labute approximate surface area is 86.2 Å². The van der Waals surface area contributed by atoms with Crippen LogP contribution in [0.4, 0.5) is 0 Å². The Morgan fingerprint density at radius 2 is 2.33 bits per heavy atom. The molecule has 5 nitrogen and oxygen atoms in total. The lowest BCUT2D eigenvalue weighted by molar-refractivity contribution is -0.138. The second kappa shape index (κ2) is 3.36. The summed E-state index contributed by atoms with van der Waals surface area (Å²) in [7, 11) is 0. The predicted octanol–water partition coefficient (Wildman–Crippen LogP) is 0.727. The zero-order chi connectivity index (χ0) is 11.0. The fourth-order valence-electron chi connectivity index (χ4n) is 1.49. The first-order chi connectivity index (χ1) is 7.09. The molecule has 0 fully saturated rings. The average molecular weight is 205 g/mol. The van der Waals surface area contributed by atoms with Crippen LogP contribution in [-0.2, 0) is 4.79 Å². The van der Waals surface area contributed by atoms with Crippen LogP contribution in [0.3, 0.4) is 0 Å². The van der Waals surface area contributed by atoms with Gasteiger partial charge in [0.1, 0.15) is 6.04 Å². The number of nitrogens with zero attached hydrogens (tertiary/aromatic N) is 2. The van der Waals surface area contributed by atoms with E-state index < -0.39 is 12.0 Å². The largest absolute Gasteiger partial charge is 0.480 e. The lowest BCUT2D eigenvalue weighted by Gasteiger charge is -2.03. The van der Waals surface area contributed by atoms with Crippen LogP contribution in [0.1, 0.15) is 17.3 Å². The number of aryl methyl sites for hydroxylation is 1. The van der Waals surface area contributed by atoms with Crippen molar-refractivity contribution in [3.8, 4) is 0 Å². The van der Waals surface area contributed by atoms with Crippen LogP contribution in [0.2, 0.25) is 0 Å². The Morgan fingerprint density at radius 1 is 1.60 bits per heavy atom. The van der Waals surface area contributed by atoms with Crippen LogP contribution < -0.4 is 5.73 Å². The molecule has 0 spiro atoms. The number of aliphatic carboxylic acids is 1. The number of carboxylic acids is 1. The number of fused-ring (bicyclic) bond motifs is 1. The van der Waals surface area contributed by atoms with E-state index in [-0.39, 0.29) is 0 Å². The summed E-state index contributed by atoms with van der Waals surface area (Å²) in [6.45, 7) is 1.95. The molecule has 0 saturated heterocycles. The summed E-state index contributed by atoms with van der Waals surface area (Å²) >= 11 is 0. The van der Waals surface area contributed by atoms with Gasteiger partial charge in [0.15, 0.2) is 0 Å². The van der Waals surface area contributed by atoms with E-state index in [1.54, 1.807) is 10.7 Å². The average Bonchev–Trinajstić information content (AvgIpc) is 2.59. The van der Waals surface area contributed by atoms with E-state index in [0.29, 0.717) is 5.69 Å². The Hall–Kier alpha value is -1.88. The van der Waals surface area contributed by atoms with Gasteiger partial charge in [-0.15, -0.1) is 0 Å². The molecule has 0 saturated carbocycles. The molecule has 3 N–H and O–H groups in total. The number of hydrogen-bond acceptors (Lipinski definition) is 3. The molecule has 0 aliphatic carbocycles. The molecular formula is C10H11N3O2. The summed E-state index contributed by atoms with van der Waals surface area (Å²) in [5, 5.41) is 8.79. The fourth-order valence-corrected chi connectivity index (χ4v) is 1.49. The number of rotatable bonds is 2. The SMILES string of the molecule is Cc1ccc2c(C(N)C(=O)O)ncn2c1. The lowest BCUT2D eigenvalue weighted by atomic mass is 10.2. The highest BCUT2D eigenvalue weighted by molar-refractivity contribution is 5.77. The molecule has 2 rings (SSSR count). The maximum atomic E-state index is 10.7. The van der Waals surface area contributed by atoms with Gasteiger partial charge >= 0.3 is 5.97 Å². The van der Waals surface area contributed by atoms with Crippen LogP contribution in [0.5, 0.6) is 0 Å². The molecule has 2 aromatic rings. The Bertz CT molecular complexity index is 518. The molecule has 0 radical (unpaired) electrons. The minimum absolute atomic E-state index is 0.391. The maximum absolute atomic E-state index is 10.7. The van der Waals surface area contributed by atoms with Crippen molar-refractivity contribution in [1.29, 1.82) is 0 Å². The van der Waals surface area contributed by atoms with Crippen molar-refractivity contribution in [3.05, 3.63) is 35.9 Å². The van der Waals surface area contributed by atoms with Gasteiger partial charge in [-0.2, -0.15) is 0 Å². The highest BCUT2D eigenvalue weighted by atomic mass is 16.4. The summed E-state index contributed by atoms with van der Waals surface area (Å²) in [5.41, 5.74) is 7.71. The van der Waals surface area contributed by atoms with Crippen molar-refractivity contribution in [2.45, 2.75) is 13.0 Å². The van der Waals surface area contributed by atoms with Crippen LogP contribution in [0.15, 0.2) is 24.7 Å². The molecule has 0 aliphatic heterocycles. The Morgan fingerprint density at radius 3 is 3.00 bits per heavy atom. The van der Waals surface area contributed by atoms with Crippen molar-refractivity contribution >= 4 is 11.5 Å². The number of carbonyl (C=O) groups is 1. The fraction of sp³-hybridized carbons (Fsp3) is 0.200. The van der Waals surface area contributed by atoms with Crippen LogP contribution >= 0.6 is 0 Å². The van der Waals surface area contributed by atoms with E-state index in [1.165, 1.54) is 0 Å². The third-order valence-corrected chi connectivity index (χ3v) is 2.27. The standard InChI is InChI=1S/C10H11N3O2/c1-6-2-3-7-9(8(11)10(14)15)12-5-13(7)4-6/h2-5,8H,11H2,1H3,(H,14,15). The maximum Gasteiger partial charge on any atom is 0.326 e. The molecule has 0 amide bonds. The van der Waals surface area contributed by atoms with Crippen LogP contribution in [0, 0.1) is 6.92 Å². The van der Waals surface area contributed by atoms with Crippen LogP contribution in [-0.4, -0.2) is 20.5 Å². The molecule has 0 aliphatic rings. The number of nitrogens with two attached hydrogens (primary N) is 1. The third kappa shape index (κ3) is 1.57. The molecule has 15 heavy (non-hydrogen) atoms. The van der Waals surface area contributed by atoms with E-state index in [1.807, 2.05) is 25.3 Å². The monoisotopic (exact) mass is 205 g/mol. The molecule has 1 atom stereocenters. The second-order valence-electron chi connectivity index (χ2n) is 3.44. The summed E-state index contributed by atoms with van der Waals surface area (Å²) in [4.78, 5) is 14.7. The molecule has 2 heterocycles. The first-order valence-corrected chi connectivity index (χ1v) is 4.51. The van der Waals surface area contributed by atoms with Gasteiger partial charge in [0.05, 0.1) is 17.5 Å². The Kier molecular flexibility index (Phi) is 2.17. The lowest BCUT2D eigenvalue weighted by Crippen LogP contribution is -2.21. The number of imidazole rings is 1.